The fourth-order valence-corrected chi connectivity index (χ4v) is 3.98. The second-order valence-corrected chi connectivity index (χ2v) is 7.61. The van der Waals surface area contributed by atoms with Gasteiger partial charge in [0.1, 0.15) is 5.00 Å². The van der Waals surface area contributed by atoms with Gasteiger partial charge in [-0.3, -0.25) is 0 Å². The second-order valence-electron chi connectivity index (χ2n) is 5.94. The number of thiocarbonyl (C=S) groups is 1. The average Bonchev–Trinajstić information content (AvgIpc) is 3.06. The first-order valence-electron chi connectivity index (χ1n) is 8.44. The van der Waals surface area contributed by atoms with Crippen LogP contribution in [0, 0.1) is 6.92 Å². The molecule has 0 aliphatic rings. The first kappa shape index (κ1) is 19.1. The van der Waals surface area contributed by atoms with Gasteiger partial charge in [-0.05, 0) is 36.3 Å². The highest BCUT2D eigenvalue weighted by Crippen LogP contribution is 2.29. The molecular formula is C21H20N2O2S2. The average molecular weight is 397 g/mol. The van der Waals surface area contributed by atoms with Crippen LogP contribution in [0.3, 0.4) is 0 Å². The third-order valence-corrected chi connectivity index (χ3v) is 5.21. The van der Waals surface area contributed by atoms with E-state index in [1.807, 2.05) is 43.3 Å². The first-order valence-corrected chi connectivity index (χ1v) is 9.67. The summed E-state index contributed by atoms with van der Waals surface area (Å²) in [7, 11) is 1.37. The Morgan fingerprint density at radius 1 is 1.04 bits per heavy atom. The Hall–Kier alpha value is -2.70. The highest BCUT2D eigenvalue weighted by molar-refractivity contribution is 7.80. The molecule has 0 aliphatic heterocycles. The molecule has 6 heteroatoms. The number of carbonyl (C=O) groups excluding carboxylic acids is 1. The van der Waals surface area contributed by atoms with E-state index in [1.165, 1.54) is 18.4 Å². The number of ether oxygens (including phenoxy) is 1. The Bertz CT molecular complexity index is 884. The van der Waals surface area contributed by atoms with E-state index < -0.39 is 0 Å². The van der Waals surface area contributed by atoms with Crippen LogP contribution in [0.2, 0.25) is 0 Å². The van der Waals surface area contributed by atoms with Gasteiger partial charge in [-0.15, -0.1) is 11.3 Å². The molecule has 0 saturated heterocycles. The van der Waals surface area contributed by atoms with Crippen LogP contribution < -0.4 is 10.6 Å². The van der Waals surface area contributed by atoms with E-state index in [0.717, 1.165) is 16.0 Å². The van der Waals surface area contributed by atoms with Crippen LogP contribution in [0.15, 0.2) is 66.7 Å². The zero-order chi connectivity index (χ0) is 19.2. The molecule has 3 aromatic rings. The van der Waals surface area contributed by atoms with Crippen molar-refractivity contribution in [3.8, 4) is 0 Å². The lowest BCUT2D eigenvalue weighted by molar-refractivity contribution is 0.0602. The summed E-state index contributed by atoms with van der Waals surface area (Å²) in [5.41, 5.74) is 2.69. The predicted molar refractivity (Wildman–Crippen MR) is 114 cm³/mol. The molecule has 0 unspecified atom stereocenters. The molecule has 3 rings (SSSR count). The van der Waals surface area contributed by atoms with Crippen LogP contribution in [-0.4, -0.2) is 18.2 Å². The second kappa shape index (κ2) is 8.79. The number of hydrogen-bond acceptors (Lipinski definition) is 4. The van der Waals surface area contributed by atoms with Crippen LogP contribution >= 0.6 is 23.6 Å². The highest BCUT2D eigenvalue weighted by Gasteiger charge is 2.19. The fourth-order valence-electron chi connectivity index (χ4n) is 2.79. The maximum Gasteiger partial charge on any atom is 0.340 e. The zero-order valence-electron chi connectivity index (χ0n) is 15.1. The monoisotopic (exact) mass is 396 g/mol. The van der Waals surface area contributed by atoms with Crippen molar-refractivity contribution < 1.29 is 9.53 Å². The molecule has 4 nitrogen and oxygen atoms in total. The summed E-state index contributed by atoms with van der Waals surface area (Å²) in [4.78, 5) is 13.0. The molecule has 0 aliphatic carbocycles. The Balaban J connectivity index is 1.83. The van der Waals surface area contributed by atoms with E-state index in [4.69, 9.17) is 17.0 Å². The summed E-state index contributed by atoms with van der Waals surface area (Å²) in [6.07, 6.45) is 0. The lowest BCUT2D eigenvalue weighted by Gasteiger charge is -2.22. The maximum absolute atomic E-state index is 12.0. The Morgan fingerprint density at radius 2 is 1.59 bits per heavy atom. The van der Waals surface area contributed by atoms with Gasteiger partial charge in [0.05, 0.1) is 18.7 Å². The van der Waals surface area contributed by atoms with Crippen molar-refractivity contribution in [2.75, 3.05) is 12.4 Å². The number of hydrogen-bond donors (Lipinski definition) is 2. The smallest absolute Gasteiger partial charge is 0.340 e. The van der Waals surface area contributed by atoms with Crippen molar-refractivity contribution >= 4 is 39.6 Å². The molecule has 0 radical (unpaired) electrons. The lowest BCUT2D eigenvalue weighted by Crippen LogP contribution is -2.33. The molecule has 0 amide bonds. The molecule has 2 N–H and O–H groups in total. The molecule has 2 aromatic carbocycles. The van der Waals surface area contributed by atoms with E-state index in [0.29, 0.717) is 15.7 Å². The topological polar surface area (TPSA) is 50.4 Å². The number of benzene rings is 2. The molecule has 1 heterocycles. The molecular weight excluding hydrogens is 376 g/mol. The van der Waals surface area contributed by atoms with Gasteiger partial charge in [-0.1, -0.05) is 60.7 Å². The summed E-state index contributed by atoms with van der Waals surface area (Å²) in [6.45, 7) is 1.94. The van der Waals surface area contributed by atoms with E-state index >= 15 is 0 Å². The van der Waals surface area contributed by atoms with Gasteiger partial charge >= 0.3 is 5.97 Å². The molecule has 27 heavy (non-hydrogen) atoms. The SMILES string of the molecule is COC(=O)c1cc(C)sc1NC(=S)NC(c1ccccc1)c1ccccc1. The third kappa shape index (κ3) is 4.72. The minimum Gasteiger partial charge on any atom is -0.465 e. The van der Waals surface area contributed by atoms with Crippen LogP contribution in [0.1, 0.15) is 32.4 Å². The number of nitrogens with one attached hydrogen (secondary N) is 2. The number of rotatable bonds is 5. The van der Waals surface area contributed by atoms with Gasteiger partial charge in [-0.25, -0.2) is 4.79 Å². The molecule has 138 valence electrons. The van der Waals surface area contributed by atoms with Crippen LogP contribution in [0.25, 0.3) is 0 Å². The Morgan fingerprint density at radius 3 is 2.11 bits per heavy atom. The summed E-state index contributed by atoms with van der Waals surface area (Å²) >= 11 is 7.00. The standard InChI is InChI=1S/C21H20N2O2S2/c1-14-13-17(20(24)25-2)19(27-14)23-21(26)22-18(15-9-5-3-6-10-15)16-11-7-4-8-12-16/h3-13,18H,1-2H3,(H2,22,23,26). The predicted octanol–water partition coefficient (Wildman–Crippen LogP) is 4.92. The number of esters is 1. The number of carbonyl (C=O) groups is 1. The number of aryl methyl sites for hydroxylation is 1. The third-order valence-electron chi connectivity index (χ3n) is 4.03. The Labute approximate surface area is 168 Å². The minimum absolute atomic E-state index is 0.102. The van der Waals surface area contributed by atoms with Crippen molar-refractivity contribution in [3.63, 3.8) is 0 Å². The summed E-state index contributed by atoms with van der Waals surface area (Å²) in [5, 5.41) is 7.64. The molecule has 1 aromatic heterocycles. The summed E-state index contributed by atoms with van der Waals surface area (Å²) in [5.74, 6) is -0.382. The van der Waals surface area contributed by atoms with E-state index in [9.17, 15) is 4.79 Å². The highest BCUT2D eigenvalue weighted by atomic mass is 32.1. The largest absolute Gasteiger partial charge is 0.465 e. The van der Waals surface area contributed by atoms with Crippen molar-refractivity contribution in [3.05, 3.63) is 88.3 Å². The number of methoxy groups -OCH3 is 1. The molecule has 0 atom stereocenters. The molecule has 0 saturated carbocycles. The van der Waals surface area contributed by atoms with Crippen LogP contribution in [0.4, 0.5) is 5.00 Å². The van der Waals surface area contributed by atoms with Gasteiger partial charge in [0, 0.05) is 4.88 Å². The maximum atomic E-state index is 12.0. The van der Waals surface area contributed by atoms with Crippen LogP contribution in [-0.2, 0) is 4.74 Å². The normalized spacial score (nSPS) is 10.5. The minimum atomic E-state index is -0.382. The fraction of sp³-hybridized carbons (Fsp3) is 0.143. The van der Waals surface area contributed by atoms with Crippen molar-refractivity contribution in [2.24, 2.45) is 0 Å². The molecule has 0 spiro atoms. The van der Waals surface area contributed by atoms with Gasteiger partial charge in [-0.2, -0.15) is 0 Å². The number of thiophene rings is 1. The van der Waals surface area contributed by atoms with Crippen molar-refractivity contribution in [1.82, 2.24) is 5.32 Å². The zero-order valence-corrected chi connectivity index (χ0v) is 16.7. The number of anilines is 1. The van der Waals surface area contributed by atoms with Crippen molar-refractivity contribution in [1.29, 1.82) is 0 Å². The lowest BCUT2D eigenvalue weighted by atomic mass is 9.99. The summed E-state index contributed by atoms with van der Waals surface area (Å²) < 4.78 is 4.86. The van der Waals surface area contributed by atoms with Gasteiger partial charge < -0.3 is 15.4 Å². The summed E-state index contributed by atoms with van der Waals surface area (Å²) in [6, 6.07) is 21.9. The van der Waals surface area contributed by atoms with Gasteiger partial charge in [0.25, 0.3) is 0 Å². The van der Waals surface area contributed by atoms with E-state index in [1.54, 1.807) is 6.07 Å². The van der Waals surface area contributed by atoms with Gasteiger partial charge in [0.15, 0.2) is 5.11 Å². The quantitative estimate of drug-likeness (QED) is 0.474. The molecule has 0 fully saturated rings. The molecule has 0 bridgehead atoms. The van der Waals surface area contributed by atoms with E-state index in [-0.39, 0.29) is 12.0 Å². The first-order chi connectivity index (χ1) is 13.1. The van der Waals surface area contributed by atoms with E-state index in [2.05, 4.69) is 34.9 Å². The van der Waals surface area contributed by atoms with Gasteiger partial charge in [0.2, 0.25) is 0 Å². The van der Waals surface area contributed by atoms with Crippen molar-refractivity contribution in [2.45, 2.75) is 13.0 Å². The Kier molecular flexibility index (Phi) is 6.21. The van der Waals surface area contributed by atoms with Crippen LogP contribution in [0.5, 0.6) is 0 Å².